The fraction of sp³-hybridized carbons (Fsp3) is 0.556. The van der Waals surface area contributed by atoms with Gasteiger partial charge in [-0.1, -0.05) is 25.3 Å². The predicted octanol–water partition coefficient (Wildman–Crippen LogP) is 3.10. The van der Waals surface area contributed by atoms with Crippen LogP contribution in [0.4, 0.5) is 5.69 Å². The summed E-state index contributed by atoms with van der Waals surface area (Å²) in [5.41, 5.74) is 1.24. The Morgan fingerprint density at radius 1 is 1.39 bits per heavy atom. The highest BCUT2D eigenvalue weighted by Gasteiger charge is 2.38. The van der Waals surface area contributed by atoms with E-state index >= 15 is 0 Å². The highest BCUT2D eigenvalue weighted by Crippen LogP contribution is 2.32. The molecule has 0 heterocycles. The number of likely N-dealkylation sites (N-methyl/N-ethyl adjacent to an activating group) is 1. The first-order valence-corrected chi connectivity index (χ1v) is 8.09. The molecular formula is C18H25N3O2. The molecule has 1 aromatic rings. The second-order valence-corrected chi connectivity index (χ2v) is 6.21. The number of benzene rings is 1. The molecule has 1 aliphatic rings. The van der Waals surface area contributed by atoms with Crippen LogP contribution < -0.4 is 10.1 Å². The summed E-state index contributed by atoms with van der Waals surface area (Å²) in [6.45, 7) is 2.14. The quantitative estimate of drug-likeness (QED) is 0.907. The van der Waals surface area contributed by atoms with Gasteiger partial charge in [0.2, 0.25) is 5.91 Å². The van der Waals surface area contributed by atoms with Crippen molar-refractivity contribution in [2.24, 2.45) is 0 Å². The summed E-state index contributed by atoms with van der Waals surface area (Å²) >= 11 is 0. The summed E-state index contributed by atoms with van der Waals surface area (Å²) in [6, 6.07) is 8.17. The van der Waals surface area contributed by atoms with Crippen molar-refractivity contribution < 1.29 is 9.53 Å². The van der Waals surface area contributed by atoms with Crippen molar-refractivity contribution >= 4 is 11.6 Å². The van der Waals surface area contributed by atoms with Crippen LogP contribution >= 0.6 is 0 Å². The summed E-state index contributed by atoms with van der Waals surface area (Å²) in [5.74, 6) is 0.635. The molecule has 1 saturated carbocycles. The maximum Gasteiger partial charge on any atom is 0.242 e. The number of methoxy groups -OCH3 is 1. The molecule has 1 N–H and O–H groups in total. The van der Waals surface area contributed by atoms with Crippen molar-refractivity contribution in [2.45, 2.75) is 44.6 Å². The van der Waals surface area contributed by atoms with Crippen LogP contribution in [0.2, 0.25) is 0 Å². The molecule has 5 nitrogen and oxygen atoms in total. The number of rotatable bonds is 5. The second-order valence-electron chi connectivity index (χ2n) is 6.21. The molecule has 0 radical (unpaired) electrons. The third-order valence-electron chi connectivity index (χ3n) is 4.69. The van der Waals surface area contributed by atoms with Crippen LogP contribution in [-0.2, 0) is 4.79 Å². The summed E-state index contributed by atoms with van der Waals surface area (Å²) in [7, 11) is 3.35. The summed E-state index contributed by atoms with van der Waals surface area (Å²) in [5, 5.41) is 12.7. The lowest BCUT2D eigenvalue weighted by Gasteiger charge is -2.39. The van der Waals surface area contributed by atoms with Gasteiger partial charge in [0.05, 0.1) is 25.4 Å². The standard InChI is InChI=1S/C18H25N3O2/c1-14-7-8-16(23-3)15(11-14)20-12-17(22)21(2)18(13-19)9-5-4-6-10-18/h7-8,11,20H,4-6,9-10,12H2,1-3H3. The fourth-order valence-corrected chi connectivity index (χ4v) is 3.15. The van der Waals surface area contributed by atoms with Crippen molar-refractivity contribution in [3.8, 4) is 11.8 Å². The Labute approximate surface area is 138 Å². The van der Waals surface area contributed by atoms with Crippen molar-refractivity contribution in [3.63, 3.8) is 0 Å². The van der Waals surface area contributed by atoms with Gasteiger partial charge < -0.3 is 15.0 Å². The molecule has 0 saturated heterocycles. The number of nitriles is 1. The predicted molar refractivity (Wildman–Crippen MR) is 90.4 cm³/mol. The first kappa shape index (κ1) is 17.1. The van der Waals surface area contributed by atoms with Gasteiger partial charge in [-0.25, -0.2) is 0 Å². The number of aryl methyl sites for hydroxylation is 1. The van der Waals surface area contributed by atoms with Gasteiger partial charge in [-0.05, 0) is 37.5 Å². The van der Waals surface area contributed by atoms with E-state index in [0.717, 1.165) is 43.4 Å². The Morgan fingerprint density at radius 3 is 2.70 bits per heavy atom. The average molecular weight is 315 g/mol. The Balaban J connectivity index is 2.04. The largest absolute Gasteiger partial charge is 0.495 e. The van der Waals surface area contributed by atoms with E-state index in [4.69, 9.17) is 4.74 Å². The Hall–Kier alpha value is -2.22. The highest BCUT2D eigenvalue weighted by atomic mass is 16.5. The number of carbonyl (C=O) groups is 1. The van der Waals surface area contributed by atoms with Crippen LogP contribution in [0.3, 0.4) is 0 Å². The van der Waals surface area contributed by atoms with Gasteiger partial charge >= 0.3 is 0 Å². The lowest BCUT2D eigenvalue weighted by molar-refractivity contribution is -0.132. The number of hydrogen-bond donors (Lipinski definition) is 1. The van der Waals surface area contributed by atoms with E-state index in [1.807, 2.05) is 25.1 Å². The van der Waals surface area contributed by atoms with Crippen LogP contribution in [-0.4, -0.2) is 37.0 Å². The maximum atomic E-state index is 12.5. The van der Waals surface area contributed by atoms with Crippen molar-refractivity contribution in [3.05, 3.63) is 23.8 Å². The molecule has 1 fully saturated rings. The number of anilines is 1. The van der Waals surface area contributed by atoms with Gasteiger partial charge in [0.1, 0.15) is 11.3 Å². The van der Waals surface area contributed by atoms with E-state index in [-0.39, 0.29) is 12.5 Å². The summed E-state index contributed by atoms with van der Waals surface area (Å²) < 4.78 is 5.31. The molecule has 0 bridgehead atoms. The minimum Gasteiger partial charge on any atom is -0.495 e. The van der Waals surface area contributed by atoms with Gasteiger partial charge in [-0.2, -0.15) is 5.26 Å². The van der Waals surface area contributed by atoms with Gasteiger partial charge in [-0.15, -0.1) is 0 Å². The van der Waals surface area contributed by atoms with Crippen LogP contribution in [0.25, 0.3) is 0 Å². The van der Waals surface area contributed by atoms with E-state index in [1.54, 1.807) is 19.1 Å². The van der Waals surface area contributed by atoms with E-state index in [9.17, 15) is 10.1 Å². The number of ether oxygens (including phenoxy) is 1. The van der Waals surface area contributed by atoms with Crippen LogP contribution in [0, 0.1) is 18.3 Å². The monoisotopic (exact) mass is 315 g/mol. The molecule has 0 spiro atoms. The van der Waals surface area contributed by atoms with Crippen molar-refractivity contribution in [1.82, 2.24) is 4.90 Å². The minimum atomic E-state index is -0.645. The van der Waals surface area contributed by atoms with E-state index < -0.39 is 5.54 Å². The molecule has 0 atom stereocenters. The smallest absolute Gasteiger partial charge is 0.242 e. The molecule has 0 unspecified atom stereocenters. The zero-order valence-electron chi connectivity index (χ0n) is 14.2. The molecule has 23 heavy (non-hydrogen) atoms. The van der Waals surface area contributed by atoms with Gasteiger partial charge in [0.25, 0.3) is 0 Å². The summed E-state index contributed by atoms with van der Waals surface area (Å²) in [4.78, 5) is 14.2. The number of nitrogens with zero attached hydrogens (tertiary/aromatic N) is 2. The zero-order valence-corrected chi connectivity index (χ0v) is 14.2. The Morgan fingerprint density at radius 2 is 2.09 bits per heavy atom. The van der Waals surface area contributed by atoms with E-state index in [0.29, 0.717) is 5.75 Å². The van der Waals surface area contributed by atoms with Crippen LogP contribution in [0.15, 0.2) is 18.2 Å². The normalized spacial score (nSPS) is 16.3. The number of hydrogen-bond acceptors (Lipinski definition) is 4. The maximum absolute atomic E-state index is 12.5. The first-order valence-electron chi connectivity index (χ1n) is 8.09. The topological polar surface area (TPSA) is 65.4 Å². The first-order chi connectivity index (χ1) is 11.0. The third-order valence-corrected chi connectivity index (χ3v) is 4.69. The van der Waals surface area contributed by atoms with Crippen molar-refractivity contribution in [2.75, 3.05) is 26.0 Å². The molecule has 1 aliphatic carbocycles. The summed E-state index contributed by atoms with van der Waals surface area (Å²) in [6.07, 6.45) is 4.68. The highest BCUT2D eigenvalue weighted by molar-refractivity contribution is 5.82. The molecule has 124 valence electrons. The van der Waals surface area contributed by atoms with Gasteiger partial charge in [-0.3, -0.25) is 4.79 Å². The Bertz CT molecular complexity index is 601. The molecular weight excluding hydrogens is 290 g/mol. The number of amides is 1. The zero-order chi connectivity index (χ0) is 16.9. The van der Waals surface area contributed by atoms with Gasteiger partial charge in [0, 0.05) is 7.05 Å². The van der Waals surface area contributed by atoms with E-state index in [1.165, 1.54) is 0 Å². The van der Waals surface area contributed by atoms with Crippen LogP contribution in [0.5, 0.6) is 5.75 Å². The second kappa shape index (κ2) is 7.36. The molecule has 1 aromatic carbocycles. The molecule has 0 aromatic heterocycles. The molecule has 1 amide bonds. The van der Waals surface area contributed by atoms with Gasteiger partial charge in [0.15, 0.2) is 0 Å². The molecule has 2 rings (SSSR count). The lowest BCUT2D eigenvalue weighted by atomic mass is 9.81. The minimum absolute atomic E-state index is 0.0722. The molecule has 0 aliphatic heterocycles. The SMILES string of the molecule is COc1ccc(C)cc1NCC(=O)N(C)C1(C#N)CCCCC1. The number of carbonyl (C=O) groups excluding carboxylic acids is 1. The molecule has 5 heteroatoms. The van der Waals surface area contributed by atoms with E-state index in [2.05, 4.69) is 11.4 Å². The average Bonchev–Trinajstić information content (AvgIpc) is 2.59. The number of nitrogens with one attached hydrogen (secondary N) is 1. The van der Waals surface area contributed by atoms with Crippen LogP contribution in [0.1, 0.15) is 37.7 Å². The lowest BCUT2D eigenvalue weighted by Crippen LogP contribution is -2.51. The fourth-order valence-electron chi connectivity index (χ4n) is 3.15. The third kappa shape index (κ3) is 3.76. The Kier molecular flexibility index (Phi) is 5.49. The van der Waals surface area contributed by atoms with Crippen molar-refractivity contribution in [1.29, 1.82) is 5.26 Å².